The highest BCUT2D eigenvalue weighted by atomic mass is 32.2. The molecule has 1 N–H and O–H groups in total. The van der Waals surface area contributed by atoms with Gasteiger partial charge in [-0.3, -0.25) is 9.36 Å². The number of aromatic nitrogens is 3. The number of para-hydroxylation sites is 1. The Morgan fingerprint density at radius 3 is 3.04 bits per heavy atom. The molecule has 1 atom stereocenters. The first-order valence-corrected chi connectivity index (χ1v) is 9.41. The number of halogens is 1. The number of benzene rings is 1. The number of allylic oxidation sites excluding steroid dienone is 1. The van der Waals surface area contributed by atoms with Crippen LogP contribution >= 0.6 is 11.8 Å². The van der Waals surface area contributed by atoms with Crippen molar-refractivity contribution in [2.75, 3.05) is 6.54 Å². The van der Waals surface area contributed by atoms with Crippen molar-refractivity contribution in [1.29, 1.82) is 0 Å². The molecule has 1 amide bonds. The third-order valence-corrected chi connectivity index (χ3v) is 5.28. The topological polar surface area (TPSA) is 69.0 Å². The summed E-state index contributed by atoms with van der Waals surface area (Å²) in [5, 5.41) is 11.7. The summed E-state index contributed by atoms with van der Waals surface area (Å²) in [7, 11) is 0. The molecular formula is C18H21FN4O2S. The first-order valence-electron chi connectivity index (χ1n) is 8.53. The predicted molar refractivity (Wildman–Crippen MR) is 97.5 cm³/mol. The van der Waals surface area contributed by atoms with Gasteiger partial charge in [0.05, 0.1) is 5.25 Å². The van der Waals surface area contributed by atoms with Crippen LogP contribution in [0.2, 0.25) is 0 Å². The smallest absolute Gasteiger partial charge is 0.233 e. The minimum Gasteiger partial charge on any atom is -0.483 e. The lowest BCUT2D eigenvalue weighted by Crippen LogP contribution is -2.30. The fourth-order valence-corrected chi connectivity index (χ4v) is 3.80. The number of thioether (sulfide) groups is 1. The summed E-state index contributed by atoms with van der Waals surface area (Å²) >= 11 is 1.40. The Balaban J connectivity index is 1.74. The van der Waals surface area contributed by atoms with E-state index in [0.717, 1.165) is 25.8 Å². The zero-order valence-electron chi connectivity index (χ0n) is 14.4. The van der Waals surface area contributed by atoms with E-state index < -0.39 is 5.82 Å². The van der Waals surface area contributed by atoms with Gasteiger partial charge in [-0.1, -0.05) is 36.4 Å². The molecule has 0 saturated carbocycles. The van der Waals surface area contributed by atoms with E-state index in [9.17, 15) is 9.18 Å². The molecular weight excluding hydrogens is 355 g/mol. The maximum absolute atomic E-state index is 13.7. The van der Waals surface area contributed by atoms with Crippen molar-refractivity contribution in [2.45, 2.75) is 42.8 Å². The Kier molecular flexibility index (Phi) is 6.27. The van der Waals surface area contributed by atoms with Crippen LogP contribution in [-0.4, -0.2) is 32.5 Å². The number of ether oxygens (including phenoxy) is 1. The van der Waals surface area contributed by atoms with Crippen LogP contribution in [0.4, 0.5) is 4.39 Å². The summed E-state index contributed by atoms with van der Waals surface area (Å²) < 4.78 is 21.1. The minimum atomic E-state index is -0.424. The third kappa shape index (κ3) is 4.43. The summed E-state index contributed by atoms with van der Waals surface area (Å²) in [6.45, 7) is 5.05. The average molecular weight is 376 g/mol. The number of carbonyl (C=O) groups is 1. The van der Waals surface area contributed by atoms with Crippen LogP contribution in [0.15, 0.2) is 42.1 Å². The van der Waals surface area contributed by atoms with Gasteiger partial charge < -0.3 is 10.1 Å². The number of rotatable bonds is 7. The molecule has 138 valence electrons. The zero-order chi connectivity index (χ0) is 18.4. The number of carbonyl (C=O) groups excluding carboxylic acids is 1. The number of nitrogens with one attached hydrogen (secondary N) is 1. The summed E-state index contributed by atoms with van der Waals surface area (Å²) in [6.07, 6.45) is 4.52. The first kappa shape index (κ1) is 18.4. The van der Waals surface area contributed by atoms with Crippen LogP contribution in [0.5, 0.6) is 5.75 Å². The summed E-state index contributed by atoms with van der Waals surface area (Å²) in [5.74, 6) is 0.333. The van der Waals surface area contributed by atoms with Crippen molar-refractivity contribution in [3.05, 3.63) is 48.6 Å². The first-order chi connectivity index (χ1) is 12.7. The van der Waals surface area contributed by atoms with Crippen LogP contribution in [0.25, 0.3) is 0 Å². The molecule has 0 bridgehead atoms. The Morgan fingerprint density at radius 2 is 2.23 bits per heavy atom. The van der Waals surface area contributed by atoms with E-state index in [2.05, 4.69) is 22.1 Å². The Bertz CT molecular complexity index is 780. The molecule has 0 aliphatic carbocycles. The van der Waals surface area contributed by atoms with Crippen molar-refractivity contribution in [3.63, 3.8) is 0 Å². The molecule has 1 aromatic carbocycles. The van der Waals surface area contributed by atoms with Crippen molar-refractivity contribution < 1.29 is 13.9 Å². The van der Waals surface area contributed by atoms with E-state index in [1.54, 1.807) is 24.3 Å². The van der Waals surface area contributed by atoms with Gasteiger partial charge in [0.25, 0.3) is 0 Å². The molecule has 1 fully saturated rings. The second kappa shape index (κ2) is 8.84. The van der Waals surface area contributed by atoms with Gasteiger partial charge in [0.1, 0.15) is 6.61 Å². The SMILES string of the molecule is C=CCn1c(COc2ccccc2F)nnc1SC1CCCCNC1=O. The highest BCUT2D eigenvalue weighted by molar-refractivity contribution is 8.00. The quantitative estimate of drug-likeness (QED) is 0.753. The third-order valence-electron chi connectivity index (χ3n) is 4.03. The highest BCUT2D eigenvalue weighted by Gasteiger charge is 2.25. The number of nitrogens with zero attached hydrogens (tertiary/aromatic N) is 3. The second-order valence-corrected chi connectivity index (χ2v) is 7.08. The van der Waals surface area contributed by atoms with Crippen LogP contribution < -0.4 is 10.1 Å². The molecule has 26 heavy (non-hydrogen) atoms. The van der Waals surface area contributed by atoms with Crippen molar-refractivity contribution >= 4 is 17.7 Å². The Labute approximate surface area is 155 Å². The van der Waals surface area contributed by atoms with Gasteiger partial charge in [0.2, 0.25) is 5.91 Å². The molecule has 1 aliphatic rings. The van der Waals surface area contributed by atoms with E-state index in [0.29, 0.717) is 17.5 Å². The van der Waals surface area contributed by atoms with E-state index >= 15 is 0 Å². The van der Waals surface area contributed by atoms with Gasteiger partial charge in [-0.2, -0.15) is 0 Å². The van der Waals surface area contributed by atoms with Gasteiger partial charge in [0.15, 0.2) is 22.5 Å². The number of hydrogen-bond acceptors (Lipinski definition) is 5. The summed E-state index contributed by atoms with van der Waals surface area (Å²) in [4.78, 5) is 12.2. The summed E-state index contributed by atoms with van der Waals surface area (Å²) in [6, 6.07) is 6.22. The molecule has 2 heterocycles. The molecule has 6 nitrogen and oxygen atoms in total. The molecule has 3 rings (SSSR count). The highest BCUT2D eigenvalue weighted by Crippen LogP contribution is 2.28. The monoisotopic (exact) mass is 376 g/mol. The molecule has 1 aromatic heterocycles. The molecule has 1 saturated heterocycles. The maximum Gasteiger partial charge on any atom is 0.233 e. The molecule has 0 spiro atoms. The van der Waals surface area contributed by atoms with E-state index in [-0.39, 0.29) is 23.5 Å². The Hall–Kier alpha value is -2.35. The lowest BCUT2D eigenvalue weighted by Gasteiger charge is -2.13. The van der Waals surface area contributed by atoms with Gasteiger partial charge in [-0.05, 0) is 25.0 Å². The van der Waals surface area contributed by atoms with E-state index in [1.807, 2.05) is 4.57 Å². The average Bonchev–Trinajstić information content (AvgIpc) is 2.89. The van der Waals surface area contributed by atoms with E-state index in [1.165, 1.54) is 17.8 Å². The van der Waals surface area contributed by atoms with Gasteiger partial charge in [0, 0.05) is 13.1 Å². The fraction of sp³-hybridized carbons (Fsp3) is 0.389. The van der Waals surface area contributed by atoms with Crippen LogP contribution in [0.3, 0.4) is 0 Å². The fourth-order valence-electron chi connectivity index (χ4n) is 2.68. The van der Waals surface area contributed by atoms with Gasteiger partial charge in [-0.25, -0.2) is 4.39 Å². The molecule has 8 heteroatoms. The molecule has 0 radical (unpaired) electrons. The second-order valence-electron chi connectivity index (χ2n) is 5.91. The van der Waals surface area contributed by atoms with Crippen molar-refractivity contribution in [2.24, 2.45) is 0 Å². The zero-order valence-corrected chi connectivity index (χ0v) is 15.2. The normalized spacial score (nSPS) is 17.4. The largest absolute Gasteiger partial charge is 0.483 e. The predicted octanol–water partition coefficient (Wildman–Crippen LogP) is 2.94. The Morgan fingerprint density at radius 1 is 1.38 bits per heavy atom. The van der Waals surface area contributed by atoms with Gasteiger partial charge >= 0.3 is 0 Å². The lowest BCUT2D eigenvalue weighted by molar-refractivity contribution is -0.120. The standard InChI is InChI=1S/C18H21FN4O2S/c1-2-11-23-16(12-25-14-8-4-3-7-13(14)19)21-22-18(23)26-15-9-5-6-10-20-17(15)24/h2-4,7-8,15H,1,5-6,9-12H2,(H,20,24). The van der Waals surface area contributed by atoms with Crippen LogP contribution in [-0.2, 0) is 17.9 Å². The van der Waals surface area contributed by atoms with Crippen molar-refractivity contribution in [3.8, 4) is 5.75 Å². The van der Waals surface area contributed by atoms with Gasteiger partial charge in [-0.15, -0.1) is 16.8 Å². The number of amides is 1. The molecule has 2 aromatic rings. The molecule has 1 aliphatic heterocycles. The lowest BCUT2D eigenvalue weighted by atomic mass is 10.2. The number of hydrogen-bond donors (Lipinski definition) is 1. The van der Waals surface area contributed by atoms with Crippen LogP contribution in [0.1, 0.15) is 25.1 Å². The van der Waals surface area contributed by atoms with E-state index in [4.69, 9.17) is 4.74 Å². The van der Waals surface area contributed by atoms with Crippen molar-refractivity contribution in [1.82, 2.24) is 20.1 Å². The molecule has 1 unspecified atom stereocenters. The van der Waals surface area contributed by atoms with Crippen LogP contribution in [0, 0.1) is 5.82 Å². The maximum atomic E-state index is 13.7. The minimum absolute atomic E-state index is 0.0322. The summed E-state index contributed by atoms with van der Waals surface area (Å²) in [5.41, 5.74) is 0.